The molecule has 0 fully saturated rings. The van der Waals surface area contributed by atoms with Gasteiger partial charge in [-0.15, -0.1) is 0 Å². The highest BCUT2D eigenvalue weighted by molar-refractivity contribution is 7.91. The van der Waals surface area contributed by atoms with Crippen molar-refractivity contribution < 1.29 is 40.4 Å². The summed E-state index contributed by atoms with van der Waals surface area (Å²) >= 11 is 5.86. The number of benzene rings is 4. The predicted molar refractivity (Wildman–Crippen MR) is 181 cm³/mol. The number of carbonyl (C=O) groups is 3. The molecule has 1 atom stereocenters. The third kappa shape index (κ3) is 6.65. The van der Waals surface area contributed by atoms with Crippen molar-refractivity contribution in [1.29, 1.82) is 0 Å². The molecule has 4 aromatic carbocycles. The van der Waals surface area contributed by atoms with Gasteiger partial charge in [-0.3, -0.25) is 19.3 Å². The zero-order valence-electron chi connectivity index (χ0n) is 26.8. The normalized spacial score (nSPS) is 13.9. The van der Waals surface area contributed by atoms with E-state index in [0.717, 1.165) is 11.0 Å². The van der Waals surface area contributed by atoms with Gasteiger partial charge in [0.05, 0.1) is 39.9 Å². The number of sulfone groups is 1. The summed E-state index contributed by atoms with van der Waals surface area (Å²) in [7, 11) is -3.52. The van der Waals surface area contributed by atoms with Gasteiger partial charge < -0.3 is 9.73 Å². The largest absolute Gasteiger partial charge is 0.460 e. The van der Waals surface area contributed by atoms with E-state index in [1.807, 2.05) is 6.92 Å². The predicted octanol–water partition coefficient (Wildman–Crippen LogP) is 7.82. The molecule has 0 aliphatic carbocycles. The number of carbonyl (C=O) groups excluding carboxylic acids is 3. The minimum Gasteiger partial charge on any atom is -0.460 e. The number of furan rings is 1. The lowest BCUT2D eigenvalue weighted by Gasteiger charge is -2.24. The lowest BCUT2D eigenvalue weighted by Crippen LogP contribution is -2.40. The highest BCUT2D eigenvalue weighted by Gasteiger charge is 2.37. The fourth-order valence-corrected chi connectivity index (χ4v) is 7.21. The molecule has 1 aliphatic heterocycles. The molecular weight excluding hydrogens is 693 g/mol. The Kier molecular flexibility index (Phi) is 9.36. The highest BCUT2D eigenvalue weighted by atomic mass is 35.5. The Hall–Kier alpha value is -4.94. The Morgan fingerprint density at radius 1 is 0.920 bits per heavy atom. The van der Waals surface area contributed by atoms with Crippen molar-refractivity contribution in [2.45, 2.75) is 43.8 Å². The molecule has 13 heteroatoms. The van der Waals surface area contributed by atoms with Crippen molar-refractivity contribution >= 4 is 50.1 Å². The standard InChI is InChI=1S/C37H30ClF3N2O6S/c1-3-26-27-16-12-23(18-33(27)49-32(26)17-22-9-13-24(38)19-30(22)37(39,40)41)34(44)42-31(21-10-14-25(15-11-21)50(47,48)4-2)20-43-35(45)28-7-5-6-8-29(28)36(43)46/h5-16,18-19,31H,3-4,17,20H2,1-2H3,(H,42,44)/t31-/m0/s1. The van der Waals surface area contributed by atoms with E-state index in [0.29, 0.717) is 28.7 Å². The Balaban J connectivity index is 1.32. The average Bonchev–Trinajstić information content (AvgIpc) is 3.57. The van der Waals surface area contributed by atoms with E-state index in [1.54, 1.807) is 36.4 Å². The second kappa shape index (κ2) is 13.4. The zero-order valence-corrected chi connectivity index (χ0v) is 28.4. The van der Waals surface area contributed by atoms with E-state index < -0.39 is 45.3 Å². The van der Waals surface area contributed by atoms with E-state index in [9.17, 15) is 36.0 Å². The molecule has 1 aromatic heterocycles. The molecule has 5 aromatic rings. The quantitative estimate of drug-likeness (QED) is 0.147. The summed E-state index contributed by atoms with van der Waals surface area (Å²) in [5.74, 6) is -1.44. The molecule has 3 amide bonds. The molecule has 8 nitrogen and oxygen atoms in total. The van der Waals surface area contributed by atoms with E-state index >= 15 is 0 Å². The first-order valence-electron chi connectivity index (χ1n) is 15.7. The first kappa shape index (κ1) is 34.9. The molecule has 0 spiro atoms. The van der Waals surface area contributed by atoms with Crippen molar-refractivity contribution in [3.63, 3.8) is 0 Å². The lowest BCUT2D eigenvalue weighted by molar-refractivity contribution is -0.138. The summed E-state index contributed by atoms with van der Waals surface area (Å²) in [6.07, 6.45) is -4.33. The zero-order chi connectivity index (χ0) is 36.0. The van der Waals surface area contributed by atoms with Crippen molar-refractivity contribution in [3.8, 4) is 0 Å². The molecule has 0 radical (unpaired) electrons. The average molecular weight is 723 g/mol. The van der Waals surface area contributed by atoms with Gasteiger partial charge in [0, 0.05) is 28.0 Å². The summed E-state index contributed by atoms with van der Waals surface area (Å²) in [6.45, 7) is 3.13. The number of alkyl halides is 3. The molecule has 50 heavy (non-hydrogen) atoms. The molecule has 0 saturated carbocycles. The van der Waals surface area contributed by atoms with E-state index in [1.165, 1.54) is 49.4 Å². The molecule has 6 rings (SSSR count). The number of rotatable bonds is 10. The van der Waals surface area contributed by atoms with Gasteiger partial charge in [0.2, 0.25) is 0 Å². The number of hydrogen-bond donors (Lipinski definition) is 1. The van der Waals surface area contributed by atoms with Crippen LogP contribution >= 0.6 is 11.6 Å². The van der Waals surface area contributed by atoms with Crippen LogP contribution in [0.3, 0.4) is 0 Å². The van der Waals surface area contributed by atoms with Crippen molar-refractivity contribution in [2.24, 2.45) is 0 Å². The first-order chi connectivity index (χ1) is 23.7. The third-order valence-corrected chi connectivity index (χ3v) is 10.8. The van der Waals surface area contributed by atoms with Crippen LogP contribution < -0.4 is 5.32 Å². The second-order valence-corrected chi connectivity index (χ2v) is 14.5. The summed E-state index contributed by atoms with van der Waals surface area (Å²) < 4.78 is 72.4. The first-order valence-corrected chi connectivity index (χ1v) is 17.7. The van der Waals surface area contributed by atoms with E-state index in [2.05, 4.69) is 5.32 Å². The maximum atomic E-state index is 13.8. The lowest BCUT2D eigenvalue weighted by atomic mass is 9.99. The highest BCUT2D eigenvalue weighted by Crippen LogP contribution is 2.37. The minimum atomic E-state index is -4.63. The molecule has 0 bridgehead atoms. The van der Waals surface area contributed by atoms with Crippen LogP contribution in [-0.4, -0.2) is 43.3 Å². The Bertz CT molecular complexity index is 2230. The van der Waals surface area contributed by atoms with Crippen molar-refractivity contribution in [1.82, 2.24) is 10.2 Å². The summed E-state index contributed by atoms with van der Waals surface area (Å²) in [5, 5.41) is 3.47. The summed E-state index contributed by atoms with van der Waals surface area (Å²) in [4.78, 5) is 41.3. The number of hydrogen-bond acceptors (Lipinski definition) is 6. The molecule has 2 heterocycles. The van der Waals surface area contributed by atoms with Gasteiger partial charge >= 0.3 is 6.18 Å². The fourth-order valence-electron chi connectivity index (χ4n) is 6.15. The van der Waals surface area contributed by atoms with Gasteiger partial charge in [0.25, 0.3) is 17.7 Å². The van der Waals surface area contributed by atoms with Gasteiger partial charge in [-0.05, 0) is 66.1 Å². The maximum Gasteiger partial charge on any atom is 0.416 e. The van der Waals surface area contributed by atoms with Crippen LogP contribution in [0.4, 0.5) is 13.2 Å². The Morgan fingerprint density at radius 2 is 1.58 bits per heavy atom. The number of fused-ring (bicyclic) bond motifs is 2. The summed E-state index contributed by atoms with van der Waals surface area (Å²) in [5.41, 5.74) is 1.18. The third-order valence-electron chi connectivity index (χ3n) is 8.79. The van der Waals surface area contributed by atoms with Crippen LogP contribution in [0.25, 0.3) is 11.0 Å². The van der Waals surface area contributed by atoms with Gasteiger partial charge in [-0.25, -0.2) is 8.42 Å². The summed E-state index contributed by atoms with van der Waals surface area (Å²) in [6, 6.07) is 19.6. The van der Waals surface area contributed by atoms with Gasteiger partial charge in [-0.1, -0.05) is 61.8 Å². The number of amides is 3. The van der Waals surface area contributed by atoms with Crippen LogP contribution in [0.15, 0.2) is 94.2 Å². The fraction of sp³-hybridized carbons (Fsp3) is 0.216. The molecule has 258 valence electrons. The van der Waals surface area contributed by atoms with Crippen LogP contribution in [-0.2, 0) is 28.9 Å². The topological polar surface area (TPSA) is 114 Å². The number of nitrogens with one attached hydrogen (secondary N) is 1. The molecular formula is C37H30ClF3N2O6S. The van der Waals surface area contributed by atoms with Gasteiger partial charge in [0.15, 0.2) is 9.84 Å². The smallest absolute Gasteiger partial charge is 0.416 e. The second-order valence-electron chi connectivity index (χ2n) is 11.8. The monoisotopic (exact) mass is 722 g/mol. The van der Waals surface area contributed by atoms with Crippen molar-refractivity contribution in [2.75, 3.05) is 12.3 Å². The molecule has 0 unspecified atom stereocenters. The van der Waals surface area contributed by atoms with Crippen LogP contribution in [0.5, 0.6) is 0 Å². The van der Waals surface area contributed by atoms with Gasteiger partial charge in [0.1, 0.15) is 11.3 Å². The maximum absolute atomic E-state index is 13.8. The molecule has 1 aliphatic rings. The minimum absolute atomic E-state index is 0.0117. The van der Waals surface area contributed by atoms with Crippen LogP contribution in [0, 0.1) is 0 Å². The Morgan fingerprint density at radius 3 is 2.18 bits per heavy atom. The van der Waals surface area contributed by atoms with Crippen LogP contribution in [0.2, 0.25) is 5.02 Å². The van der Waals surface area contributed by atoms with E-state index in [-0.39, 0.29) is 56.5 Å². The number of imide groups is 1. The Labute approximate surface area is 290 Å². The van der Waals surface area contributed by atoms with Gasteiger partial charge in [-0.2, -0.15) is 13.2 Å². The number of nitrogens with zero attached hydrogens (tertiary/aromatic N) is 1. The van der Waals surface area contributed by atoms with Crippen LogP contribution in [0.1, 0.15) is 79.0 Å². The molecule has 0 saturated heterocycles. The van der Waals surface area contributed by atoms with Crippen molar-refractivity contribution in [3.05, 3.63) is 135 Å². The van der Waals surface area contributed by atoms with E-state index in [4.69, 9.17) is 16.0 Å². The number of halogens is 4. The number of aryl methyl sites for hydroxylation is 1. The SMILES string of the molecule is CCc1c(Cc2ccc(Cl)cc2C(F)(F)F)oc2cc(C(=O)N[C@@H](CN3C(=O)c4ccccc4C3=O)c3ccc(S(=O)(=O)CC)cc3)ccc12. The molecule has 1 N–H and O–H groups in total.